The van der Waals surface area contributed by atoms with Crippen LogP contribution in [-0.2, 0) is 29.0 Å². The molecule has 0 saturated heterocycles. The van der Waals surface area contributed by atoms with Crippen LogP contribution in [0.4, 0.5) is 5.69 Å². The molecular weight excluding hydrogens is 376 g/mol. The third-order valence-corrected chi connectivity index (χ3v) is 5.73. The highest BCUT2D eigenvalue weighted by Crippen LogP contribution is 2.23. The minimum absolute atomic E-state index is 0.000506. The standard InChI is InChI=1S/C25H30N2O3/c1-3-27(18(2)28)17-22-10-6-7-11-23(22)26-25(30)15-14-24(29)21-13-12-19-8-4-5-9-20(19)16-21/h6-7,10-13,16H,3-5,8-9,14-15,17H2,1-2H3,(H,26,30). The van der Waals surface area contributed by atoms with Crippen LogP contribution in [0.1, 0.15) is 66.6 Å². The maximum atomic E-state index is 12.6. The quantitative estimate of drug-likeness (QED) is 0.655. The van der Waals surface area contributed by atoms with Crippen molar-refractivity contribution >= 4 is 23.3 Å². The zero-order chi connectivity index (χ0) is 21.5. The fraction of sp³-hybridized carbons (Fsp3) is 0.400. The highest BCUT2D eigenvalue weighted by atomic mass is 16.2. The van der Waals surface area contributed by atoms with Crippen LogP contribution in [0, 0.1) is 0 Å². The predicted molar refractivity (Wildman–Crippen MR) is 118 cm³/mol. The molecule has 0 radical (unpaired) electrons. The number of hydrogen-bond donors (Lipinski definition) is 1. The third kappa shape index (κ3) is 5.56. The lowest BCUT2D eigenvalue weighted by Crippen LogP contribution is -2.28. The molecule has 2 amide bonds. The van der Waals surface area contributed by atoms with Crippen molar-refractivity contribution in [3.63, 3.8) is 0 Å². The van der Waals surface area contributed by atoms with E-state index in [2.05, 4.69) is 11.4 Å². The molecule has 2 aromatic carbocycles. The van der Waals surface area contributed by atoms with Gasteiger partial charge in [0.05, 0.1) is 0 Å². The highest BCUT2D eigenvalue weighted by Gasteiger charge is 2.15. The second-order valence-corrected chi connectivity index (χ2v) is 7.85. The average molecular weight is 407 g/mol. The Morgan fingerprint density at radius 2 is 1.70 bits per heavy atom. The van der Waals surface area contributed by atoms with E-state index in [1.807, 2.05) is 43.3 Å². The van der Waals surface area contributed by atoms with Gasteiger partial charge >= 0.3 is 0 Å². The number of para-hydroxylation sites is 1. The molecule has 5 heteroatoms. The summed E-state index contributed by atoms with van der Waals surface area (Å²) >= 11 is 0. The Morgan fingerprint density at radius 3 is 2.43 bits per heavy atom. The Labute approximate surface area is 178 Å². The van der Waals surface area contributed by atoms with Crippen LogP contribution in [-0.4, -0.2) is 29.0 Å². The molecule has 0 heterocycles. The molecule has 0 bridgehead atoms. The number of ketones is 1. The maximum absolute atomic E-state index is 12.6. The van der Waals surface area contributed by atoms with Crippen molar-refractivity contribution in [2.75, 3.05) is 11.9 Å². The number of nitrogens with one attached hydrogen (secondary N) is 1. The monoisotopic (exact) mass is 406 g/mol. The number of benzene rings is 2. The summed E-state index contributed by atoms with van der Waals surface area (Å²) in [6, 6.07) is 13.4. The topological polar surface area (TPSA) is 66.5 Å². The van der Waals surface area contributed by atoms with Gasteiger partial charge in [0.2, 0.25) is 11.8 Å². The molecule has 0 aliphatic heterocycles. The normalized spacial score (nSPS) is 12.7. The first-order chi connectivity index (χ1) is 14.5. The number of rotatable bonds is 8. The Kier molecular flexibility index (Phi) is 7.39. The largest absolute Gasteiger partial charge is 0.339 e. The first-order valence-electron chi connectivity index (χ1n) is 10.8. The summed E-state index contributed by atoms with van der Waals surface area (Å²) in [4.78, 5) is 38.5. The summed E-state index contributed by atoms with van der Waals surface area (Å²) in [6.07, 6.45) is 4.82. The molecule has 30 heavy (non-hydrogen) atoms. The lowest BCUT2D eigenvalue weighted by Gasteiger charge is -2.21. The smallest absolute Gasteiger partial charge is 0.224 e. The van der Waals surface area contributed by atoms with E-state index >= 15 is 0 Å². The van der Waals surface area contributed by atoms with Crippen molar-refractivity contribution in [3.8, 4) is 0 Å². The van der Waals surface area contributed by atoms with Crippen molar-refractivity contribution in [1.82, 2.24) is 4.90 Å². The lowest BCUT2D eigenvalue weighted by molar-refractivity contribution is -0.129. The van der Waals surface area contributed by atoms with E-state index in [9.17, 15) is 14.4 Å². The van der Waals surface area contributed by atoms with E-state index < -0.39 is 0 Å². The van der Waals surface area contributed by atoms with Crippen molar-refractivity contribution in [3.05, 3.63) is 64.7 Å². The van der Waals surface area contributed by atoms with Crippen LogP contribution in [0.15, 0.2) is 42.5 Å². The molecule has 5 nitrogen and oxygen atoms in total. The molecule has 0 fully saturated rings. The van der Waals surface area contributed by atoms with Gasteiger partial charge in [-0.25, -0.2) is 0 Å². The fourth-order valence-corrected chi connectivity index (χ4v) is 3.92. The van der Waals surface area contributed by atoms with Gasteiger partial charge in [-0.05, 0) is 61.4 Å². The first kappa shape index (κ1) is 21.8. The second-order valence-electron chi connectivity index (χ2n) is 7.85. The Hall–Kier alpha value is -2.95. The molecule has 2 aromatic rings. The molecule has 0 aromatic heterocycles. The Bertz CT molecular complexity index is 936. The summed E-state index contributed by atoms with van der Waals surface area (Å²) in [7, 11) is 0. The third-order valence-electron chi connectivity index (χ3n) is 5.73. The van der Waals surface area contributed by atoms with Gasteiger partial charge in [-0.3, -0.25) is 14.4 Å². The van der Waals surface area contributed by atoms with E-state index in [1.165, 1.54) is 30.9 Å². The van der Waals surface area contributed by atoms with Gasteiger partial charge in [0, 0.05) is 44.1 Å². The van der Waals surface area contributed by atoms with Crippen LogP contribution in [0.2, 0.25) is 0 Å². The van der Waals surface area contributed by atoms with E-state index in [0.29, 0.717) is 24.3 Å². The van der Waals surface area contributed by atoms with Gasteiger partial charge in [-0.2, -0.15) is 0 Å². The Balaban J connectivity index is 1.58. The number of carbonyl (C=O) groups is 3. The fourth-order valence-electron chi connectivity index (χ4n) is 3.92. The number of fused-ring (bicyclic) bond motifs is 1. The van der Waals surface area contributed by atoms with E-state index in [1.54, 1.807) is 4.90 Å². The van der Waals surface area contributed by atoms with Gasteiger partial charge in [-0.1, -0.05) is 30.3 Å². The van der Waals surface area contributed by atoms with Crippen LogP contribution in [0.25, 0.3) is 0 Å². The van der Waals surface area contributed by atoms with Gasteiger partial charge in [0.1, 0.15) is 0 Å². The number of aryl methyl sites for hydroxylation is 2. The van der Waals surface area contributed by atoms with Gasteiger partial charge in [-0.15, -0.1) is 0 Å². The number of amides is 2. The Morgan fingerprint density at radius 1 is 0.967 bits per heavy atom. The van der Waals surface area contributed by atoms with E-state index in [0.717, 1.165) is 18.4 Å². The summed E-state index contributed by atoms with van der Waals surface area (Å²) in [5.41, 5.74) is 4.88. The van der Waals surface area contributed by atoms with Crippen molar-refractivity contribution < 1.29 is 14.4 Å². The van der Waals surface area contributed by atoms with Crippen LogP contribution < -0.4 is 5.32 Å². The molecule has 3 rings (SSSR count). The minimum atomic E-state index is -0.195. The average Bonchev–Trinajstić information content (AvgIpc) is 2.76. The second kappa shape index (κ2) is 10.2. The van der Waals surface area contributed by atoms with E-state index in [4.69, 9.17) is 0 Å². The van der Waals surface area contributed by atoms with Crippen LogP contribution in [0.5, 0.6) is 0 Å². The molecule has 0 spiro atoms. The molecule has 1 aliphatic carbocycles. The lowest BCUT2D eigenvalue weighted by atomic mass is 9.89. The summed E-state index contributed by atoms with van der Waals surface area (Å²) in [5.74, 6) is -0.200. The number of nitrogens with zero attached hydrogens (tertiary/aromatic N) is 1. The van der Waals surface area contributed by atoms with Gasteiger partial charge in [0.25, 0.3) is 0 Å². The van der Waals surface area contributed by atoms with Gasteiger partial charge in [0.15, 0.2) is 5.78 Å². The summed E-state index contributed by atoms with van der Waals surface area (Å²) in [5, 5.41) is 2.91. The van der Waals surface area contributed by atoms with Gasteiger partial charge < -0.3 is 10.2 Å². The number of carbonyl (C=O) groups excluding carboxylic acids is 3. The molecule has 158 valence electrons. The van der Waals surface area contributed by atoms with E-state index in [-0.39, 0.29) is 30.4 Å². The zero-order valence-electron chi connectivity index (χ0n) is 17.9. The molecule has 0 atom stereocenters. The number of hydrogen-bond acceptors (Lipinski definition) is 3. The molecule has 0 unspecified atom stereocenters. The maximum Gasteiger partial charge on any atom is 0.224 e. The summed E-state index contributed by atoms with van der Waals surface area (Å²) in [6.45, 7) is 4.51. The molecule has 1 aliphatic rings. The van der Waals surface area contributed by atoms with Crippen molar-refractivity contribution in [2.45, 2.75) is 58.9 Å². The zero-order valence-corrected chi connectivity index (χ0v) is 17.9. The molecular formula is C25H30N2O3. The van der Waals surface area contributed by atoms with Crippen molar-refractivity contribution in [2.24, 2.45) is 0 Å². The number of anilines is 1. The number of Topliss-reactive ketones (excluding diaryl/α,β-unsaturated/α-hetero) is 1. The predicted octanol–water partition coefficient (Wildman–Crippen LogP) is 4.54. The van der Waals surface area contributed by atoms with Crippen molar-refractivity contribution in [1.29, 1.82) is 0 Å². The molecule has 0 saturated carbocycles. The highest BCUT2D eigenvalue weighted by molar-refractivity contribution is 6.00. The van der Waals surface area contributed by atoms with Crippen LogP contribution >= 0.6 is 0 Å². The minimum Gasteiger partial charge on any atom is -0.339 e. The first-order valence-corrected chi connectivity index (χ1v) is 10.8. The summed E-state index contributed by atoms with van der Waals surface area (Å²) < 4.78 is 0. The van der Waals surface area contributed by atoms with Crippen LogP contribution in [0.3, 0.4) is 0 Å². The SMILES string of the molecule is CCN(Cc1ccccc1NC(=O)CCC(=O)c1ccc2c(c1)CCCC2)C(C)=O. The molecule has 1 N–H and O–H groups in total.